The molecule has 2 aliphatic heterocycles. The second-order valence-corrected chi connectivity index (χ2v) is 7.99. The number of nitrogens with one attached hydrogen (secondary N) is 1. The fraction of sp³-hybridized carbons (Fsp3) is 0.643. The number of fused-ring (bicyclic) bond motifs is 1. The Balaban J connectivity index is 1.73. The minimum Gasteiger partial charge on any atom is -0.335 e. The third-order valence-electron chi connectivity index (χ3n) is 4.70. The van der Waals surface area contributed by atoms with E-state index < -0.39 is 10.0 Å². The molecule has 0 aromatic carbocycles. The predicted octanol–water partition coefficient (Wildman–Crippen LogP) is 1.25. The maximum absolute atomic E-state index is 12.9. The number of sulfonamides is 1. The number of hydrogen-bond acceptors (Lipinski definition) is 5. The van der Waals surface area contributed by atoms with E-state index in [2.05, 4.69) is 24.7 Å². The Morgan fingerprint density at radius 1 is 1.13 bits per heavy atom. The summed E-state index contributed by atoms with van der Waals surface area (Å²) in [5.74, 6) is 1.78. The minimum absolute atomic E-state index is 0.141. The molecule has 1 atom stereocenters. The molecule has 8 nitrogen and oxygen atoms in total. The average molecular weight is 336 g/mol. The van der Waals surface area contributed by atoms with Crippen molar-refractivity contribution in [3.63, 3.8) is 0 Å². The van der Waals surface area contributed by atoms with Crippen molar-refractivity contribution in [3.8, 4) is 0 Å². The Hall–Kier alpha value is -1.74. The molecule has 4 heterocycles. The van der Waals surface area contributed by atoms with Gasteiger partial charge in [-0.3, -0.25) is 0 Å². The third kappa shape index (κ3) is 2.47. The molecule has 0 unspecified atom stereocenters. The molecule has 0 saturated carbocycles. The monoisotopic (exact) mass is 336 g/mol. The largest absolute Gasteiger partial charge is 0.335 e. The van der Waals surface area contributed by atoms with Crippen molar-refractivity contribution in [2.24, 2.45) is 0 Å². The highest BCUT2D eigenvalue weighted by Crippen LogP contribution is 2.35. The smallest absolute Gasteiger partial charge is 0.260 e. The highest BCUT2D eigenvalue weighted by atomic mass is 32.2. The molecule has 124 valence electrons. The first kappa shape index (κ1) is 14.8. The lowest BCUT2D eigenvalue weighted by Crippen LogP contribution is -2.40. The first-order valence-corrected chi connectivity index (χ1v) is 9.54. The molecular weight excluding hydrogens is 316 g/mol. The summed E-state index contributed by atoms with van der Waals surface area (Å²) in [6.07, 6.45) is 8.55. The van der Waals surface area contributed by atoms with Crippen molar-refractivity contribution in [1.82, 2.24) is 29.0 Å². The molecule has 0 radical (unpaired) electrons. The molecule has 2 aromatic heterocycles. The van der Waals surface area contributed by atoms with Crippen LogP contribution in [0.5, 0.6) is 0 Å². The van der Waals surface area contributed by atoms with Crippen molar-refractivity contribution in [3.05, 3.63) is 24.2 Å². The van der Waals surface area contributed by atoms with Crippen LogP contribution in [0.3, 0.4) is 0 Å². The Bertz CT molecular complexity index is 782. The van der Waals surface area contributed by atoms with Gasteiger partial charge in [0.25, 0.3) is 10.0 Å². The predicted molar refractivity (Wildman–Crippen MR) is 82.0 cm³/mol. The lowest BCUT2D eigenvalue weighted by atomic mass is 10.0. The highest BCUT2D eigenvalue weighted by Gasteiger charge is 2.38. The molecular formula is C14H20N6O2S. The molecule has 1 saturated heterocycles. The van der Waals surface area contributed by atoms with Gasteiger partial charge in [0, 0.05) is 19.5 Å². The summed E-state index contributed by atoms with van der Waals surface area (Å²) in [5.41, 5.74) is 0. The van der Waals surface area contributed by atoms with Crippen LogP contribution in [-0.2, 0) is 23.0 Å². The van der Waals surface area contributed by atoms with Gasteiger partial charge in [0.05, 0.1) is 18.6 Å². The number of hydrogen-bond donors (Lipinski definition) is 1. The molecule has 9 heteroatoms. The SMILES string of the molecule is O=S(=O)(c1cnc[nH]1)N1CCCC[C@@H]1c1nnc2n1CCCC2. The second kappa shape index (κ2) is 5.72. The first-order chi connectivity index (χ1) is 11.2. The van der Waals surface area contributed by atoms with Gasteiger partial charge >= 0.3 is 0 Å². The van der Waals surface area contributed by atoms with Gasteiger partial charge in [0.1, 0.15) is 5.82 Å². The van der Waals surface area contributed by atoms with Gasteiger partial charge in [0.15, 0.2) is 10.9 Å². The van der Waals surface area contributed by atoms with Gasteiger partial charge < -0.3 is 9.55 Å². The summed E-state index contributed by atoms with van der Waals surface area (Å²) in [4.78, 5) is 6.57. The highest BCUT2D eigenvalue weighted by molar-refractivity contribution is 7.89. The van der Waals surface area contributed by atoms with Crippen molar-refractivity contribution in [1.29, 1.82) is 0 Å². The Morgan fingerprint density at radius 2 is 2.00 bits per heavy atom. The van der Waals surface area contributed by atoms with E-state index in [1.807, 2.05) is 0 Å². The van der Waals surface area contributed by atoms with Gasteiger partial charge in [-0.25, -0.2) is 13.4 Å². The van der Waals surface area contributed by atoms with Crippen molar-refractivity contribution in [2.75, 3.05) is 6.54 Å². The number of aromatic amines is 1. The molecule has 1 N–H and O–H groups in total. The zero-order chi connectivity index (χ0) is 15.9. The Morgan fingerprint density at radius 3 is 2.83 bits per heavy atom. The normalized spacial score (nSPS) is 22.9. The summed E-state index contributed by atoms with van der Waals surface area (Å²) in [5, 5.41) is 8.77. The number of piperidine rings is 1. The van der Waals surface area contributed by atoms with Gasteiger partial charge in [0.2, 0.25) is 0 Å². The minimum atomic E-state index is -3.59. The zero-order valence-electron chi connectivity index (χ0n) is 12.8. The number of aryl methyl sites for hydroxylation is 1. The molecule has 2 aliphatic rings. The van der Waals surface area contributed by atoms with E-state index in [0.717, 1.165) is 56.7 Å². The quantitative estimate of drug-likeness (QED) is 0.910. The summed E-state index contributed by atoms with van der Waals surface area (Å²) in [6, 6.07) is -0.239. The van der Waals surface area contributed by atoms with Crippen LogP contribution in [0.4, 0.5) is 0 Å². The van der Waals surface area contributed by atoms with E-state index in [1.54, 1.807) is 4.31 Å². The van der Waals surface area contributed by atoms with Crippen LogP contribution in [0.15, 0.2) is 17.6 Å². The fourth-order valence-electron chi connectivity index (χ4n) is 3.54. The summed E-state index contributed by atoms with van der Waals surface area (Å²) in [6.45, 7) is 1.39. The van der Waals surface area contributed by atoms with E-state index in [1.165, 1.54) is 12.5 Å². The number of imidazole rings is 1. The topological polar surface area (TPSA) is 96.8 Å². The lowest BCUT2D eigenvalue weighted by Gasteiger charge is -2.34. The maximum atomic E-state index is 12.9. The number of aromatic nitrogens is 5. The van der Waals surface area contributed by atoms with Gasteiger partial charge in [-0.1, -0.05) is 6.42 Å². The molecule has 23 heavy (non-hydrogen) atoms. The van der Waals surface area contributed by atoms with Crippen LogP contribution in [0.2, 0.25) is 0 Å². The third-order valence-corrected chi connectivity index (χ3v) is 6.53. The maximum Gasteiger partial charge on any atom is 0.260 e. The summed E-state index contributed by atoms with van der Waals surface area (Å²) < 4.78 is 29.5. The molecule has 0 bridgehead atoms. The second-order valence-electron chi connectivity index (χ2n) is 6.13. The van der Waals surface area contributed by atoms with Crippen molar-refractivity contribution >= 4 is 10.0 Å². The first-order valence-electron chi connectivity index (χ1n) is 8.10. The van der Waals surface area contributed by atoms with E-state index in [0.29, 0.717) is 6.54 Å². The molecule has 0 amide bonds. The Labute approximate surface area is 135 Å². The Kier molecular flexibility index (Phi) is 3.68. The van der Waals surface area contributed by atoms with E-state index in [-0.39, 0.29) is 11.1 Å². The number of nitrogens with zero attached hydrogens (tertiary/aromatic N) is 5. The van der Waals surface area contributed by atoms with E-state index in [9.17, 15) is 8.42 Å². The molecule has 0 aliphatic carbocycles. The van der Waals surface area contributed by atoms with Crippen LogP contribution in [0, 0.1) is 0 Å². The molecule has 4 rings (SSSR count). The zero-order valence-corrected chi connectivity index (χ0v) is 13.7. The van der Waals surface area contributed by atoms with Gasteiger partial charge in [-0.05, 0) is 25.7 Å². The number of rotatable bonds is 3. The van der Waals surface area contributed by atoms with Crippen LogP contribution in [0.25, 0.3) is 0 Å². The lowest BCUT2D eigenvalue weighted by molar-refractivity contribution is 0.238. The average Bonchev–Trinajstić information content (AvgIpc) is 3.25. The summed E-state index contributed by atoms with van der Waals surface area (Å²) >= 11 is 0. The van der Waals surface area contributed by atoms with Crippen LogP contribution >= 0.6 is 0 Å². The standard InChI is InChI=1S/C14H20N6O2S/c21-23(22,13-9-15-10-16-13)20-8-4-1-5-11(20)14-18-17-12-6-2-3-7-19(12)14/h9-11H,1-8H2,(H,15,16)/t11-/m1/s1. The van der Waals surface area contributed by atoms with Crippen LogP contribution in [0.1, 0.15) is 49.8 Å². The van der Waals surface area contributed by atoms with Crippen molar-refractivity contribution in [2.45, 2.75) is 56.1 Å². The molecule has 1 fully saturated rings. The van der Waals surface area contributed by atoms with Crippen molar-refractivity contribution < 1.29 is 8.42 Å². The fourth-order valence-corrected chi connectivity index (χ4v) is 5.09. The number of H-pyrrole nitrogens is 1. The van der Waals surface area contributed by atoms with Crippen LogP contribution < -0.4 is 0 Å². The molecule has 0 spiro atoms. The van der Waals surface area contributed by atoms with Gasteiger partial charge in [-0.2, -0.15) is 4.31 Å². The molecule has 2 aromatic rings. The van der Waals surface area contributed by atoms with E-state index in [4.69, 9.17) is 0 Å². The summed E-state index contributed by atoms with van der Waals surface area (Å²) in [7, 11) is -3.59. The van der Waals surface area contributed by atoms with E-state index >= 15 is 0 Å². The van der Waals surface area contributed by atoms with Crippen LogP contribution in [-0.4, -0.2) is 44.0 Å². The van der Waals surface area contributed by atoms with Gasteiger partial charge in [-0.15, -0.1) is 10.2 Å².